The van der Waals surface area contributed by atoms with Crippen LogP contribution < -0.4 is 5.32 Å². The van der Waals surface area contributed by atoms with Gasteiger partial charge < -0.3 is 15.3 Å². The normalized spacial score (nSPS) is 19.7. The Labute approximate surface area is 149 Å². The summed E-state index contributed by atoms with van der Waals surface area (Å²) in [6.07, 6.45) is 0. The van der Waals surface area contributed by atoms with Crippen molar-refractivity contribution >= 4 is 17.5 Å². The number of hydrogen-bond donors (Lipinski definition) is 2. The number of carbonyl (C=O) groups excluding carboxylic acids is 2. The lowest BCUT2D eigenvalue weighted by atomic mass is 9.87. The fraction of sp³-hybridized carbons (Fsp3) is 0.263. The van der Waals surface area contributed by atoms with E-state index in [4.69, 9.17) is 5.11 Å². The molecule has 1 aliphatic heterocycles. The molecule has 3 rings (SSSR count). The molecule has 0 radical (unpaired) electrons. The Hall–Kier alpha value is -2.80. The van der Waals surface area contributed by atoms with Crippen LogP contribution in [0.3, 0.4) is 0 Å². The van der Waals surface area contributed by atoms with Crippen molar-refractivity contribution in [3.63, 3.8) is 0 Å². The molecule has 5 nitrogen and oxygen atoms in total. The molecule has 136 valence electrons. The van der Waals surface area contributed by atoms with Gasteiger partial charge in [-0.25, -0.2) is 8.78 Å². The minimum Gasteiger partial charge on any atom is -0.392 e. The quantitative estimate of drug-likeness (QED) is 0.822. The van der Waals surface area contributed by atoms with E-state index in [1.807, 2.05) is 0 Å². The van der Waals surface area contributed by atoms with Gasteiger partial charge in [-0.15, -0.1) is 0 Å². The summed E-state index contributed by atoms with van der Waals surface area (Å²) in [6, 6.07) is 10.4. The number of aliphatic hydroxyl groups is 1. The van der Waals surface area contributed by atoms with Crippen molar-refractivity contribution in [2.45, 2.75) is 12.5 Å². The Morgan fingerprint density at radius 2 is 1.92 bits per heavy atom. The number of benzene rings is 2. The number of likely N-dealkylation sites (N-methyl/N-ethyl adjacent to an activating group) is 1. The number of hydrogen-bond acceptors (Lipinski definition) is 3. The molecule has 0 saturated carbocycles. The van der Waals surface area contributed by atoms with Crippen LogP contribution in [0.25, 0.3) is 0 Å². The zero-order valence-corrected chi connectivity index (χ0v) is 14.1. The summed E-state index contributed by atoms with van der Waals surface area (Å²) >= 11 is 0. The number of anilines is 1. The highest BCUT2D eigenvalue weighted by molar-refractivity contribution is 6.08. The van der Waals surface area contributed by atoms with E-state index < -0.39 is 29.4 Å². The van der Waals surface area contributed by atoms with Crippen molar-refractivity contribution in [3.8, 4) is 0 Å². The molecule has 1 saturated heterocycles. The van der Waals surface area contributed by atoms with Gasteiger partial charge in [0.05, 0.1) is 12.3 Å². The first-order chi connectivity index (χ1) is 12.4. The fourth-order valence-electron chi connectivity index (χ4n) is 3.17. The van der Waals surface area contributed by atoms with Crippen molar-refractivity contribution in [1.82, 2.24) is 4.90 Å². The number of aliphatic hydroxyl groups excluding tert-OH is 1. The van der Waals surface area contributed by atoms with Crippen LogP contribution in [0.15, 0.2) is 42.5 Å². The lowest BCUT2D eigenvalue weighted by Crippen LogP contribution is -2.33. The van der Waals surface area contributed by atoms with Gasteiger partial charge in [0, 0.05) is 19.5 Å². The third kappa shape index (κ3) is 3.30. The number of nitrogens with one attached hydrogen (secondary N) is 1. The van der Waals surface area contributed by atoms with Gasteiger partial charge in [0.1, 0.15) is 5.92 Å². The number of nitrogens with zero attached hydrogens (tertiary/aromatic N) is 1. The summed E-state index contributed by atoms with van der Waals surface area (Å²) in [7, 11) is 1.59. The van der Waals surface area contributed by atoms with E-state index in [0.717, 1.165) is 11.6 Å². The number of halogens is 2. The van der Waals surface area contributed by atoms with Gasteiger partial charge in [-0.1, -0.05) is 30.3 Å². The molecule has 0 bridgehead atoms. The molecule has 0 spiro atoms. The molecular weight excluding hydrogens is 342 g/mol. The van der Waals surface area contributed by atoms with Crippen LogP contribution in [0.1, 0.15) is 17.0 Å². The van der Waals surface area contributed by atoms with Gasteiger partial charge in [-0.3, -0.25) is 9.59 Å². The first kappa shape index (κ1) is 18.0. The molecule has 0 unspecified atom stereocenters. The maximum atomic E-state index is 13.8. The van der Waals surface area contributed by atoms with E-state index in [1.165, 1.54) is 17.0 Å². The number of amides is 2. The molecule has 0 aliphatic carbocycles. The SMILES string of the molecule is CN1C[C@@H](c2ccc(CO)cc2)[C@H](C(=O)Nc2cccc(F)c2F)C1=O. The molecule has 1 heterocycles. The van der Waals surface area contributed by atoms with E-state index in [9.17, 15) is 18.4 Å². The van der Waals surface area contributed by atoms with Crippen molar-refractivity contribution in [3.05, 3.63) is 65.2 Å². The van der Waals surface area contributed by atoms with Gasteiger partial charge in [-0.2, -0.15) is 0 Å². The van der Waals surface area contributed by atoms with Crippen molar-refractivity contribution in [2.24, 2.45) is 5.92 Å². The second-order valence-corrected chi connectivity index (χ2v) is 6.29. The lowest BCUT2D eigenvalue weighted by molar-refractivity contribution is -0.135. The maximum Gasteiger partial charge on any atom is 0.237 e. The number of likely N-dealkylation sites (tertiary alicyclic amines) is 1. The van der Waals surface area contributed by atoms with E-state index in [2.05, 4.69) is 5.32 Å². The Kier molecular flexibility index (Phi) is 4.99. The number of carbonyl (C=O) groups is 2. The monoisotopic (exact) mass is 360 g/mol. The van der Waals surface area contributed by atoms with Gasteiger partial charge in [0.15, 0.2) is 11.6 Å². The molecule has 7 heteroatoms. The first-order valence-corrected chi connectivity index (χ1v) is 8.12. The molecule has 2 N–H and O–H groups in total. The van der Waals surface area contributed by atoms with E-state index in [-0.39, 0.29) is 18.2 Å². The second-order valence-electron chi connectivity index (χ2n) is 6.29. The zero-order chi connectivity index (χ0) is 18.8. The summed E-state index contributed by atoms with van der Waals surface area (Å²) < 4.78 is 27.2. The van der Waals surface area contributed by atoms with Crippen LogP contribution >= 0.6 is 0 Å². The zero-order valence-electron chi connectivity index (χ0n) is 14.1. The Bertz CT molecular complexity index is 839. The maximum absolute atomic E-state index is 13.8. The van der Waals surface area contributed by atoms with Crippen molar-refractivity contribution in [2.75, 3.05) is 18.9 Å². The fourth-order valence-corrected chi connectivity index (χ4v) is 3.17. The molecule has 1 aliphatic rings. The van der Waals surface area contributed by atoms with Crippen LogP contribution in [-0.2, 0) is 16.2 Å². The third-order valence-corrected chi connectivity index (χ3v) is 4.60. The molecule has 0 aromatic heterocycles. The summed E-state index contributed by atoms with van der Waals surface area (Å²) in [5.74, 6) is -4.76. The van der Waals surface area contributed by atoms with Crippen LogP contribution in [0.2, 0.25) is 0 Å². The first-order valence-electron chi connectivity index (χ1n) is 8.12. The molecule has 2 atom stereocenters. The van der Waals surface area contributed by atoms with Crippen LogP contribution in [0.5, 0.6) is 0 Å². The summed E-state index contributed by atoms with van der Waals surface area (Å²) in [5, 5.41) is 11.5. The van der Waals surface area contributed by atoms with Crippen molar-refractivity contribution in [1.29, 1.82) is 0 Å². The third-order valence-electron chi connectivity index (χ3n) is 4.60. The topological polar surface area (TPSA) is 69.6 Å². The lowest BCUT2D eigenvalue weighted by Gasteiger charge is -2.17. The average Bonchev–Trinajstić information content (AvgIpc) is 2.94. The van der Waals surface area contributed by atoms with Gasteiger partial charge >= 0.3 is 0 Å². The van der Waals surface area contributed by atoms with Gasteiger partial charge in [0.25, 0.3) is 0 Å². The summed E-state index contributed by atoms with van der Waals surface area (Å²) in [4.78, 5) is 26.5. The van der Waals surface area contributed by atoms with E-state index >= 15 is 0 Å². The molecule has 2 aromatic carbocycles. The van der Waals surface area contributed by atoms with Crippen LogP contribution in [-0.4, -0.2) is 35.4 Å². The highest BCUT2D eigenvalue weighted by Crippen LogP contribution is 2.34. The van der Waals surface area contributed by atoms with E-state index in [0.29, 0.717) is 12.1 Å². The minimum atomic E-state index is -1.16. The Morgan fingerprint density at radius 3 is 2.58 bits per heavy atom. The smallest absolute Gasteiger partial charge is 0.237 e. The van der Waals surface area contributed by atoms with Crippen LogP contribution in [0, 0.1) is 17.6 Å². The highest BCUT2D eigenvalue weighted by Gasteiger charge is 2.44. The predicted molar refractivity (Wildman–Crippen MR) is 91.2 cm³/mol. The molecule has 1 fully saturated rings. The molecular formula is C19H18F2N2O3. The largest absolute Gasteiger partial charge is 0.392 e. The second kappa shape index (κ2) is 7.21. The standard InChI is InChI=1S/C19H18F2N2O3/c1-23-9-13(12-7-5-11(10-24)6-8-12)16(19(23)26)18(25)22-15-4-2-3-14(20)17(15)21/h2-8,13,16,24H,9-10H2,1H3,(H,22,25)/t13-,16+/m0/s1. The predicted octanol–water partition coefficient (Wildman–Crippen LogP) is 2.27. The summed E-state index contributed by atoms with van der Waals surface area (Å²) in [5.41, 5.74) is 1.18. The highest BCUT2D eigenvalue weighted by atomic mass is 19.2. The van der Waals surface area contributed by atoms with Gasteiger partial charge in [-0.05, 0) is 23.3 Å². The summed E-state index contributed by atoms with van der Waals surface area (Å²) in [6.45, 7) is 0.230. The van der Waals surface area contributed by atoms with Gasteiger partial charge in [0.2, 0.25) is 11.8 Å². The Balaban J connectivity index is 1.87. The molecule has 2 amide bonds. The van der Waals surface area contributed by atoms with Crippen LogP contribution in [0.4, 0.5) is 14.5 Å². The van der Waals surface area contributed by atoms with E-state index in [1.54, 1.807) is 31.3 Å². The van der Waals surface area contributed by atoms with Crippen molar-refractivity contribution < 1.29 is 23.5 Å². The number of rotatable bonds is 4. The average molecular weight is 360 g/mol. The molecule has 26 heavy (non-hydrogen) atoms. The minimum absolute atomic E-state index is 0.105. The Morgan fingerprint density at radius 1 is 1.23 bits per heavy atom. The molecule has 2 aromatic rings.